The van der Waals surface area contributed by atoms with Gasteiger partial charge in [0.2, 0.25) is 0 Å². The number of hydrogen-bond acceptors (Lipinski definition) is 5. The van der Waals surface area contributed by atoms with E-state index in [1.807, 2.05) is 6.92 Å². The van der Waals surface area contributed by atoms with Crippen molar-refractivity contribution in [2.75, 3.05) is 6.61 Å². The number of aliphatic hydroxyl groups excluding tert-OH is 2. The number of aliphatic hydroxyl groups is 2. The number of hydrogen-bond donors (Lipinski definition) is 2. The number of Topliss-reactive ketones (excluding diaryl/α,β-unsaturated/α-hetero) is 1. The topological polar surface area (TPSA) is 83.8 Å². The molecule has 0 aromatic rings. The fraction of sp³-hybridized carbons (Fsp3) is 0.867. The summed E-state index contributed by atoms with van der Waals surface area (Å²) in [6.45, 7) is 15.0. The molecule has 10 atom stereocenters. The number of rotatable bonds is 6. The summed E-state index contributed by atoms with van der Waals surface area (Å²) in [6.07, 6.45) is 7.45. The van der Waals surface area contributed by atoms with Crippen LogP contribution in [0.25, 0.3) is 0 Å². The number of ketones is 1. The molecule has 0 aromatic heterocycles. The summed E-state index contributed by atoms with van der Waals surface area (Å²) in [4.78, 5) is 26.2. The lowest BCUT2D eigenvalue weighted by Crippen LogP contribution is -2.70. The fourth-order valence-corrected chi connectivity index (χ4v) is 10.3. The molecule has 35 heavy (non-hydrogen) atoms. The Kier molecular flexibility index (Phi) is 5.57. The van der Waals surface area contributed by atoms with Gasteiger partial charge in [0.25, 0.3) is 0 Å². The maximum absolute atomic E-state index is 13.5. The van der Waals surface area contributed by atoms with Crippen LogP contribution in [0.4, 0.5) is 0 Å². The second-order valence-electron chi connectivity index (χ2n) is 14.3. The van der Waals surface area contributed by atoms with Gasteiger partial charge >= 0.3 is 5.97 Å². The Morgan fingerprint density at radius 1 is 1.09 bits per heavy atom. The van der Waals surface area contributed by atoms with Crippen molar-refractivity contribution in [3.8, 4) is 0 Å². The first-order chi connectivity index (χ1) is 16.2. The van der Waals surface area contributed by atoms with Crippen molar-refractivity contribution in [1.29, 1.82) is 0 Å². The molecule has 5 nitrogen and oxygen atoms in total. The van der Waals surface area contributed by atoms with E-state index < -0.39 is 22.5 Å². The molecule has 1 spiro atoms. The number of fused-ring (bicyclic) bond motifs is 2. The monoisotopic (exact) mass is 486 g/mol. The molecule has 0 aromatic carbocycles. The van der Waals surface area contributed by atoms with Crippen molar-refractivity contribution in [3.05, 3.63) is 11.6 Å². The molecule has 1 aliphatic heterocycles. The summed E-state index contributed by atoms with van der Waals surface area (Å²) in [5, 5.41) is 21.6. The van der Waals surface area contributed by atoms with Crippen LogP contribution in [0.2, 0.25) is 0 Å². The van der Waals surface area contributed by atoms with E-state index in [0.717, 1.165) is 25.7 Å². The number of ether oxygens (including phenoxy) is 1. The molecule has 4 fully saturated rings. The van der Waals surface area contributed by atoms with E-state index in [0.29, 0.717) is 42.8 Å². The number of esters is 1. The molecule has 5 heteroatoms. The highest BCUT2D eigenvalue weighted by Gasteiger charge is 2.79. The van der Waals surface area contributed by atoms with Crippen LogP contribution in [0.15, 0.2) is 11.6 Å². The highest BCUT2D eigenvalue weighted by Crippen LogP contribution is 2.78. The van der Waals surface area contributed by atoms with Gasteiger partial charge in [0.05, 0.1) is 18.1 Å². The Morgan fingerprint density at radius 3 is 2.40 bits per heavy atom. The summed E-state index contributed by atoms with van der Waals surface area (Å²) < 4.78 is 6.53. The van der Waals surface area contributed by atoms with Gasteiger partial charge < -0.3 is 14.9 Å². The van der Waals surface area contributed by atoms with E-state index in [4.69, 9.17) is 4.74 Å². The Bertz CT molecular complexity index is 970. The lowest BCUT2D eigenvalue weighted by atomic mass is 9.40. The summed E-state index contributed by atoms with van der Waals surface area (Å²) in [6, 6.07) is 0. The summed E-state index contributed by atoms with van der Waals surface area (Å²) in [5.41, 5.74) is -0.997. The molecule has 0 radical (unpaired) electrons. The lowest BCUT2D eigenvalue weighted by Gasteiger charge is -2.68. The van der Waals surface area contributed by atoms with Crippen molar-refractivity contribution >= 4 is 11.8 Å². The van der Waals surface area contributed by atoms with Gasteiger partial charge in [0, 0.05) is 24.2 Å². The predicted molar refractivity (Wildman–Crippen MR) is 134 cm³/mol. The first kappa shape index (κ1) is 25.4. The fourth-order valence-electron chi connectivity index (χ4n) is 10.3. The molecule has 2 unspecified atom stereocenters. The molecular formula is C30H46O5. The average molecular weight is 487 g/mol. The van der Waals surface area contributed by atoms with E-state index in [-0.39, 0.29) is 35.2 Å². The molecule has 5 rings (SSSR count). The molecule has 0 amide bonds. The van der Waals surface area contributed by atoms with Gasteiger partial charge in [-0.25, -0.2) is 0 Å². The van der Waals surface area contributed by atoms with Crippen LogP contribution in [0, 0.1) is 51.2 Å². The van der Waals surface area contributed by atoms with Crippen molar-refractivity contribution in [2.45, 2.75) is 105 Å². The van der Waals surface area contributed by atoms with Crippen LogP contribution in [0.3, 0.4) is 0 Å². The predicted octanol–water partition coefficient (Wildman–Crippen LogP) is 5.08. The van der Waals surface area contributed by atoms with Crippen LogP contribution < -0.4 is 0 Å². The SMILES string of the molecule is CC(C)CC(=O)C[C@H](C)C1CC[C@]2(C)C3=C[C@@H]4C(O)C[C@@]5(C)[C@@H]4[C@](C)(CO)C(=O)O[C@@]35CC[C@@]12C. The van der Waals surface area contributed by atoms with Gasteiger partial charge in [-0.05, 0) is 79.1 Å². The highest BCUT2D eigenvalue weighted by atomic mass is 16.6. The zero-order chi connectivity index (χ0) is 25.8. The van der Waals surface area contributed by atoms with Gasteiger partial charge in [-0.3, -0.25) is 9.59 Å². The van der Waals surface area contributed by atoms with Crippen LogP contribution in [-0.4, -0.2) is 40.3 Å². The van der Waals surface area contributed by atoms with Gasteiger partial charge in [-0.1, -0.05) is 47.6 Å². The van der Waals surface area contributed by atoms with Gasteiger partial charge in [0.15, 0.2) is 0 Å². The number of carbonyl (C=O) groups excluding carboxylic acids is 2. The second-order valence-corrected chi connectivity index (χ2v) is 14.3. The Hall–Kier alpha value is -1.20. The smallest absolute Gasteiger partial charge is 0.315 e. The van der Waals surface area contributed by atoms with Crippen LogP contribution in [-0.2, 0) is 14.3 Å². The molecule has 4 aliphatic carbocycles. The highest BCUT2D eigenvalue weighted by molar-refractivity contribution is 5.81. The van der Waals surface area contributed by atoms with Crippen molar-refractivity contribution < 1.29 is 24.5 Å². The van der Waals surface area contributed by atoms with Gasteiger partial charge in [-0.15, -0.1) is 0 Å². The minimum absolute atomic E-state index is 0.0132. The lowest BCUT2D eigenvalue weighted by molar-refractivity contribution is -0.244. The standard InChI is InChI=1S/C30H46O5/c1-17(2)12-19(32)13-18(3)21-8-9-28(6)23-14-20-22(33)15-29(7)24(20)26(4,16-31)25(34)35-30(23,29)11-10-27(21,28)5/h14,17-18,20-22,24,31,33H,8-13,15-16H2,1-7H3/t18-,20+,21?,22?,24-,26-,27-,28+,29-,30-/m0/s1. The largest absolute Gasteiger partial charge is 0.453 e. The molecule has 3 saturated carbocycles. The summed E-state index contributed by atoms with van der Waals surface area (Å²) in [7, 11) is 0. The van der Waals surface area contributed by atoms with Gasteiger partial charge in [0.1, 0.15) is 11.4 Å². The molecule has 196 valence electrons. The zero-order valence-corrected chi connectivity index (χ0v) is 22.8. The van der Waals surface area contributed by atoms with Crippen molar-refractivity contribution in [2.24, 2.45) is 51.2 Å². The Morgan fingerprint density at radius 2 is 1.77 bits per heavy atom. The Balaban J connectivity index is 1.56. The Labute approximate surface area is 211 Å². The van der Waals surface area contributed by atoms with Crippen LogP contribution in [0.5, 0.6) is 0 Å². The second kappa shape index (κ2) is 7.66. The van der Waals surface area contributed by atoms with Gasteiger partial charge in [-0.2, -0.15) is 0 Å². The van der Waals surface area contributed by atoms with E-state index >= 15 is 0 Å². The molecule has 1 heterocycles. The quantitative estimate of drug-likeness (QED) is 0.404. The van der Waals surface area contributed by atoms with E-state index in [9.17, 15) is 19.8 Å². The minimum Gasteiger partial charge on any atom is -0.453 e. The summed E-state index contributed by atoms with van der Waals surface area (Å²) >= 11 is 0. The summed E-state index contributed by atoms with van der Waals surface area (Å²) in [5.74, 6) is 0.952. The third-order valence-corrected chi connectivity index (χ3v) is 12.1. The molecule has 5 aliphatic rings. The number of carbonyl (C=O) groups is 2. The minimum atomic E-state index is -0.991. The molecule has 2 N–H and O–H groups in total. The van der Waals surface area contributed by atoms with E-state index in [1.165, 1.54) is 5.57 Å². The van der Waals surface area contributed by atoms with Crippen molar-refractivity contribution in [1.82, 2.24) is 0 Å². The normalized spacial score (nSPS) is 50.9. The molecule has 1 saturated heterocycles. The first-order valence-electron chi connectivity index (χ1n) is 14.0. The third kappa shape index (κ3) is 2.94. The van der Waals surface area contributed by atoms with Crippen LogP contribution >= 0.6 is 0 Å². The first-order valence-corrected chi connectivity index (χ1v) is 14.0. The van der Waals surface area contributed by atoms with E-state index in [1.54, 1.807) is 0 Å². The maximum atomic E-state index is 13.5. The van der Waals surface area contributed by atoms with Crippen molar-refractivity contribution in [3.63, 3.8) is 0 Å². The third-order valence-electron chi connectivity index (χ3n) is 12.1. The van der Waals surface area contributed by atoms with E-state index in [2.05, 4.69) is 47.6 Å². The van der Waals surface area contributed by atoms with Crippen LogP contribution in [0.1, 0.15) is 93.4 Å². The molecule has 4 bridgehead atoms. The maximum Gasteiger partial charge on any atom is 0.315 e. The molecular weight excluding hydrogens is 440 g/mol. The zero-order valence-electron chi connectivity index (χ0n) is 22.8. The average Bonchev–Trinajstić information content (AvgIpc) is 3.15.